The van der Waals surface area contributed by atoms with Crippen LogP contribution in [0.5, 0.6) is 0 Å². The molecule has 1 aliphatic rings. The molecule has 2 nitrogen and oxygen atoms in total. The van der Waals surface area contributed by atoms with E-state index in [4.69, 9.17) is 0 Å². The molecule has 1 saturated carbocycles. The minimum atomic E-state index is 0.371. The fourth-order valence-corrected chi connectivity index (χ4v) is 4.35. The van der Waals surface area contributed by atoms with Crippen molar-refractivity contribution in [3.05, 3.63) is 0 Å². The van der Waals surface area contributed by atoms with E-state index in [1.54, 1.807) is 0 Å². The molecule has 1 rings (SSSR count). The first-order valence-electron chi connectivity index (χ1n) is 8.87. The van der Waals surface area contributed by atoms with Crippen molar-refractivity contribution in [3.63, 3.8) is 0 Å². The molecule has 0 spiro atoms. The lowest BCUT2D eigenvalue weighted by atomic mass is 9.69. The minimum absolute atomic E-state index is 0.371. The van der Waals surface area contributed by atoms with Gasteiger partial charge in [0, 0.05) is 11.6 Å². The Balaban J connectivity index is 2.87. The molecule has 0 aromatic carbocycles. The molecule has 1 fully saturated rings. The Morgan fingerprint density at radius 3 is 2.50 bits per heavy atom. The predicted octanol–water partition coefficient (Wildman–Crippen LogP) is 4.30. The number of likely N-dealkylation sites (N-methyl/N-ethyl adjacent to an activating group) is 2. The minimum Gasteiger partial charge on any atom is -0.312 e. The molecular weight excluding hydrogens is 244 g/mol. The van der Waals surface area contributed by atoms with E-state index < -0.39 is 0 Å². The van der Waals surface area contributed by atoms with E-state index in [-0.39, 0.29) is 0 Å². The highest BCUT2D eigenvalue weighted by molar-refractivity contribution is 5.02. The quantitative estimate of drug-likeness (QED) is 0.714. The van der Waals surface area contributed by atoms with Crippen LogP contribution in [0.4, 0.5) is 0 Å². The van der Waals surface area contributed by atoms with Crippen LogP contribution in [-0.2, 0) is 0 Å². The summed E-state index contributed by atoms with van der Waals surface area (Å²) in [5.41, 5.74) is 0.371. The third kappa shape index (κ3) is 4.46. The standard InChI is InChI=1S/C18H38N2/c1-7-10-15(3)13-17(19-8-2)18(20(5)6)12-9-11-16(4)14-18/h15-17,19H,7-14H2,1-6H3. The van der Waals surface area contributed by atoms with Crippen LogP contribution < -0.4 is 5.32 Å². The Bertz CT molecular complexity index is 264. The van der Waals surface area contributed by atoms with Gasteiger partial charge < -0.3 is 10.2 Å². The molecule has 0 radical (unpaired) electrons. The molecule has 4 unspecified atom stereocenters. The average molecular weight is 283 g/mol. The van der Waals surface area contributed by atoms with E-state index >= 15 is 0 Å². The van der Waals surface area contributed by atoms with Crippen LogP contribution in [-0.4, -0.2) is 37.1 Å². The highest BCUT2D eigenvalue weighted by Crippen LogP contribution is 2.40. The maximum absolute atomic E-state index is 3.84. The summed E-state index contributed by atoms with van der Waals surface area (Å²) in [6.07, 6.45) is 9.53. The van der Waals surface area contributed by atoms with Gasteiger partial charge in [0.2, 0.25) is 0 Å². The molecule has 120 valence electrons. The number of nitrogens with one attached hydrogen (secondary N) is 1. The van der Waals surface area contributed by atoms with Crippen LogP contribution in [0.2, 0.25) is 0 Å². The third-order valence-corrected chi connectivity index (χ3v) is 5.42. The van der Waals surface area contributed by atoms with E-state index in [0.29, 0.717) is 11.6 Å². The van der Waals surface area contributed by atoms with Gasteiger partial charge in [-0.2, -0.15) is 0 Å². The molecule has 0 aliphatic heterocycles. The summed E-state index contributed by atoms with van der Waals surface area (Å²) >= 11 is 0. The van der Waals surface area contributed by atoms with Crippen molar-refractivity contribution in [3.8, 4) is 0 Å². The van der Waals surface area contributed by atoms with Crippen molar-refractivity contribution in [2.45, 2.75) is 84.2 Å². The van der Waals surface area contributed by atoms with Crippen molar-refractivity contribution >= 4 is 0 Å². The predicted molar refractivity (Wildman–Crippen MR) is 90.2 cm³/mol. The topological polar surface area (TPSA) is 15.3 Å². The van der Waals surface area contributed by atoms with Gasteiger partial charge in [-0.25, -0.2) is 0 Å². The van der Waals surface area contributed by atoms with Crippen molar-refractivity contribution in [2.75, 3.05) is 20.6 Å². The molecule has 0 aromatic heterocycles. The Morgan fingerprint density at radius 1 is 1.30 bits per heavy atom. The third-order valence-electron chi connectivity index (χ3n) is 5.42. The molecule has 0 saturated heterocycles. The Labute approximate surface area is 127 Å². The molecule has 1 N–H and O–H groups in total. The SMILES string of the molecule is CCCC(C)CC(NCC)C1(N(C)C)CCCC(C)C1. The zero-order chi connectivity index (χ0) is 15.2. The fourth-order valence-electron chi connectivity index (χ4n) is 4.35. The molecule has 0 aromatic rings. The molecule has 20 heavy (non-hydrogen) atoms. The van der Waals surface area contributed by atoms with E-state index in [9.17, 15) is 0 Å². The van der Waals surface area contributed by atoms with Gasteiger partial charge in [-0.15, -0.1) is 0 Å². The Hall–Kier alpha value is -0.0800. The first kappa shape index (κ1) is 18.0. The maximum atomic E-state index is 3.84. The molecule has 4 atom stereocenters. The number of hydrogen-bond acceptors (Lipinski definition) is 2. The molecule has 1 aliphatic carbocycles. The van der Waals surface area contributed by atoms with Crippen LogP contribution >= 0.6 is 0 Å². The van der Waals surface area contributed by atoms with Crippen LogP contribution in [0.25, 0.3) is 0 Å². The monoisotopic (exact) mass is 282 g/mol. The Kier molecular flexibility index (Phi) is 7.53. The van der Waals surface area contributed by atoms with Gasteiger partial charge >= 0.3 is 0 Å². The van der Waals surface area contributed by atoms with Gasteiger partial charge in [0.1, 0.15) is 0 Å². The normalized spacial score (nSPS) is 30.4. The van der Waals surface area contributed by atoms with Gasteiger partial charge in [-0.3, -0.25) is 0 Å². The van der Waals surface area contributed by atoms with Gasteiger partial charge in [-0.05, 0) is 51.7 Å². The summed E-state index contributed by atoms with van der Waals surface area (Å²) in [6.45, 7) is 10.5. The second-order valence-electron chi connectivity index (χ2n) is 7.44. The summed E-state index contributed by atoms with van der Waals surface area (Å²) in [4.78, 5) is 2.54. The van der Waals surface area contributed by atoms with E-state index in [0.717, 1.165) is 18.4 Å². The van der Waals surface area contributed by atoms with Crippen LogP contribution in [0, 0.1) is 11.8 Å². The van der Waals surface area contributed by atoms with E-state index in [1.807, 2.05) is 0 Å². The van der Waals surface area contributed by atoms with Crippen LogP contribution in [0.15, 0.2) is 0 Å². The smallest absolute Gasteiger partial charge is 0.0359 e. The van der Waals surface area contributed by atoms with E-state index in [1.165, 1.54) is 44.9 Å². The molecule has 0 amide bonds. The molecular formula is C18H38N2. The van der Waals surface area contributed by atoms with E-state index in [2.05, 4.69) is 52.0 Å². The van der Waals surface area contributed by atoms with Crippen molar-refractivity contribution in [1.29, 1.82) is 0 Å². The van der Waals surface area contributed by atoms with Crippen molar-refractivity contribution < 1.29 is 0 Å². The summed E-state index contributed by atoms with van der Waals surface area (Å²) in [7, 11) is 4.60. The van der Waals surface area contributed by atoms with Crippen molar-refractivity contribution in [2.24, 2.45) is 11.8 Å². The lowest BCUT2D eigenvalue weighted by molar-refractivity contribution is 0.0294. The zero-order valence-corrected chi connectivity index (χ0v) is 14.8. The number of hydrogen-bond donors (Lipinski definition) is 1. The van der Waals surface area contributed by atoms with Gasteiger partial charge in [0.25, 0.3) is 0 Å². The highest BCUT2D eigenvalue weighted by atomic mass is 15.2. The van der Waals surface area contributed by atoms with Crippen molar-refractivity contribution in [1.82, 2.24) is 10.2 Å². The lowest BCUT2D eigenvalue weighted by Crippen LogP contribution is -2.61. The zero-order valence-electron chi connectivity index (χ0n) is 14.8. The largest absolute Gasteiger partial charge is 0.312 e. The van der Waals surface area contributed by atoms with Gasteiger partial charge in [0.05, 0.1) is 0 Å². The summed E-state index contributed by atoms with van der Waals surface area (Å²) in [5, 5.41) is 3.84. The molecule has 0 heterocycles. The second kappa shape index (κ2) is 8.38. The highest BCUT2D eigenvalue weighted by Gasteiger charge is 2.43. The van der Waals surface area contributed by atoms with Gasteiger partial charge in [-0.1, -0.05) is 53.4 Å². The molecule has 2 heteroatoms. The number of nitrogens with zero attached hydrogens (tertiary/aromatic N) is 1. The average Bonchev–Trinajstić information content (AvgIpc) is 2.38. The van der Waals surface area contributed by atoms with Crippen LogP contribution in [0.3, 0.4) is 0 Å². The lowest BCUT2D eigenvalue weighted by Gasteiger charge is -2.51. The summed E-state index contributed by atoms with van der Waals surface area (Å²) in [5.74, 6) is 1.70. The second-order valence-corrected chi connectivity index (χ2v) is 7.44. The summed E-state index contributed by atoms with van der Waals surface area (Å²) < 4.78 is 0. The maximum Gasteiger partial charge on any atom is 0.0359 e. The Morgan fingerprint density at radius 2 is 2.00 bits per heavy atom. The summed E-state index contributed by atoms with van der Waals surface area (Å²) in [6, 6.07) is 0.645. The number of rotatable bonds is 8. The fraction of sp³-hybridized carbons (Fsp3) is 1.00. The first-order chi connectivity index (χ1) is 9.46. The van der Waals surface area contributed by atoms with Gasteiger partial charge in [0.15, 0.2) is 0 Å². The van der Waals surface area contributed by atoms with Crippen LogP contribution in [0.1, 0.15) is 72.6 Å². The molecule has 0 bridgehead atoms. The first-order valence-corrected chi connectivity index (χ1v) is 8.87.